The fourth-order valence-corrected chi connectivity index (χ4v) is 5.50. The Morgan fingerprint density at radius 3 is 1.52 bits per heavy atom. The number of aliphatic hydroxyl groups excluding tert-OH is 2. The molecule has 0 aromatic rings. The second kappa shape index (κ2) is 37.5. The van der Waals surface area contributed by atoms with Gasteiger partial charge in [-0.1, -0.05) is 171 Å². The number of aliphatic hydroxyl groups is 2. The smallest absolute Gasteiger partial charge is 0.220 e. The van der Waals surface area contributed by atoms with Crippen LogP contribution in [-0.4, -0.2) is 34.9 Å². The van der Waals surface area contributed by atoms with Crippen LogP contribution < -0.4 is 5.32 Å². The Labute approximate surface area is 286 Å². The maximum Gasteiger partial charge on any atom is 0.220 e. The predicted molar refractivity (Wildman–Crippen MR) is 202 cm³/mol. The van der Waals surface area contributed by atoms with Gasteiger partial charge in [-0.05, 0) is 64.2 Å². The molecule has 0 aliphatic carbocycles. The Morgan fingerprint density at radius 1 is 0.543 bits per heavy atom. The monoisotopic (exact) mass is 642 g/mol. The second-order valence-corrected chi connectivity index (χ2v) is 13.0. The number of allylic oxidation sites excluding steroid dienone is 9. The SMILES string of the molecule is CC/C=C\C/C=C\C/C=C\CCCCCCCC(=O)NC(CO)C(O)/C=C/CC/C=C/CCCCCCCCCCCCCCC. The third kappa shape index (κ3) is 33.5. The molecule has 46 heavy (non-hydrogen) atoms. The van der Waals surface area contributed by atoms with Gasteiger partial charge in [-0.25, -0.2) is 0 Å². The van der Waals surface area contributed by atoms with Crippen LogP contribution in [0.4, 0.5) is 0 Å². The molecule has 2 atom stereocenters. The van der Waals surface area contributed by atoms with Crippen LogP contribution in [0.1, 0.15) is 181 Å². The topological polar surface area (TPSA) is 69.6 Å². The third-order valence-corrected chi connectivity index (χ3v) is 8.48. The van der Waals surface area contributed by atoms with E-state index in [2.05, 4.69) is 67.8 Å². The van der Waals surface area contributed by atoms with Crippen LogP contribution in [0.15, 0.2) is 60.8 Å². The minimum Gasteiger partial charge on any atom is -0.394 e. The van der Waals surface area contributed by atoms with Crippen LogP contribution in [0.5, 0.6) is 0 Å². The van der Waals surface area contributed by atoms with E-state index in [1.165, 1.54) is 96.3 Å². The Balaban J connectivity index is 3.69. The number of carbonyl (C=O) groups excluding carboxylic acids is 1. The average molecular weight is 642 g/mol. The Morgan fingerprint density at radius 2 is 0.978 bits per heavy atom. The van der Waals surface area contributed by atoms with Gasteiger partial charge < -0.3 is 15.5 Å². The van der Waals surface area contributed by atoms with Gasteiger partial charge in [0.25, 0.3) is 0 Å². The van der Waals surface area contributed by atoms with Gasteiger partial charge >= 0.3 is 0 Å². The second-order valence-electron chi connectivity index (χ2n) is 13.0. The Kier molecular flexibility index (Phi) is 36.0. The highest BCUT2D eigenvalue weighted by molar-refractivity contribution is 5.76. The molecule has 0 aliphatic rings. The van der Waals surface area contributed by atoms with Gasteiger partial charge in [0.1, 0.15) is 0 Å². The molecule has 266 valence electrons. The lowest BCUT2D eigenvalue weighted by Crippen LogP contribution is -2.45. The summed E-state index contributed by atoms with van der Waals surface area (Å²) in [5.74, 6) is -0.0937. The summed E-state index contributed by atoms with van der Waals surface area (Å²) in [6, 6.07) is -0.649. The van der Waals surface area contributed by atoms with Crippen LogP contribution >= 0.6 is 0 Å². The summed E-state index contributed by atoms with van der Waals surface area (Å²) in [6.45, 7) is 4.17. The Hall–Kier alpha value is -1.91. The summed E-state index contributed by atoms with van der Waals surface area (Å²) >= 11 is 0. The molecule has 0 heterocycles. The van der Waals surface area contributed by atoms with Crippen molar-refractivity contribution in [3.8, 4) is 0 Å². The highest BCUT2D eigenvalue weighted by Crippen LogP contribution is 2.13. The summed E-state index contributed by atoms with van der Waals surface area (Å²) in [5.41, 5.74) is 0. The number of rotatable bonds is 34. The summed E-state index contributed by atoms with van der Waals surface area (Å²) in [5, 5.41) is 22.9. The maximum atomic E-state index is 12.3. The quantitative estimate of drug-likeness (QED) is 0.0483. The van der Waals surface area contributed by atoms with Gasteiger partial charge in [0, 0.05) is 6.42 Å². The molecule has 0 aromatic heterocycles. The molecule has 0 saturated heterocycles. The fourth-order valence-electron chi connectivity index (χ4n) is 5.50. The third-order valence-electron chi connectivity index (χ3n) is 8.48. The predicted octanol–water partition coefficient (Wildman–Crippen LogP) is 11.8. The molecule has 0 bridgehead atoms. The molecule has 0 radical (unpaired) electrons. The largest absolute Gasteiger partial charge is 0.394 e. The van der Waals surface area contributed by atoms with Crippen LogP contribution in [0.25, 0.3) is 0 Å². The first-order chi connectivity index (χ1) is 22.7. The molecule has 0 aromatic carbocycles. The maximum absolute atomic E-state index is 12.3. The first-order valence-corrected chi connectivity index (χ1v) is 19.5. The van der Waals surface area contributed by atoms with Crippen molar-refractivity contribution in [1.82, 2.24) is 5.32 Å². The zero-order valence-corrected chi connectivity index (χ0v) is 30.3. The minimum atomic E-state index is -0.870. The van der Waals surface area contributed by atoms with Crippen LogP contribution in [0.3, 0.4) is 0 Å². The molecule has 0 rings (SSSR count). The zero-order valence-electron chi connectivity index (χ0n) is 30.3. The van der Waals surface area contributed by atoms with E-state index in [1.54, 1.807) is 6.08 Å². The number of carbonyl (C=O) groups is 1. The number of nitrogens with one attached hydrogen (secondary N) is 1. The standard InChI is InChI=1S/C42H75NO3/c1-3-5-7-9-11-13-15-17-19-20-21-22-24-25-27-29-31-33-35-37-41(45)40(39-44)43-42(46)38-36-34-32-30-28-26-23-18-16-14-12-10-8-6-4-2/h6,8,12,14,18,23,27,29,35,37,40-41,44-45H,3-5,7,9-11,13,15-17,19-22,24-26,28,30-34,36,38-39H2,1-2H3,(H,43,46)/b8-6-,14-12-,23-18-,29-27+,37-35+. The lowest BCUT2D eigenvalue weighted by molar-refractivity contribution is -0.123. The lowest BCUT2D eigenvalue weighted by Gasteiger charge is -2.19. The summed E-state index contributed by atoms with van der Waals surface area (Å²) in [7, 11) is 0. The molecule has 0 saturated carbocycles. The van der Waals surface area contributed by atoms with E-state index in [4.69, 9.17) is 0 Å². The van der Waals surface area contributed by atoms with Gasteiger partial charge in [-0.3, -0.25) is 4.79 Å². The molecule has 4 nitrogen and oxygen atoms in total. The number of hydrogen-bond donors (Lipinski definition) is 3. The first-order valence-electron chi connectivity index (χ1n) is 19.5. The lowest BCUT2D eigenvalue weighted by atomic mass is 10.0. The summed E-state index contributed by atoms with van der Waals surface area (Å²) < 4.78 is 0. The molecule has 0 spiro atoms. The Bertz CT molecular complexity index is 782. The molecule has 0 fully saturated rings. The van der Waals surface area contributed by atoms with E-state index in [0.29, 0.717) is 6.42 Å². The van der Waals surface area contributed by atoms with Gasteiger partial charge in [-0.2, -0.15) is 0 Å². The van der Waals surface area contributed by atoms with E-state index in [0.717, 1.165) is 64.2 Å². The van der Waals surface area contributed by atoms with Crippen molar-refractivity contribution in [1.29, 1.82) is 0 Å². The molecule has 0 aliphatic heterocycles. The van der Waals surface area contributed by atoms with Crippen LogP contribution in [0, 0.1) is 0 Å². The highest BCUT2D eigenvalue weighted by Gasteiger charge is 2.17. The molecule has 4 heteroatoms. The van der Waals surface area contributed by atoms with E-state index < -0.39 is 12.1 Å². The average Bonchev–Trinajstić information content (AvgIpc) is 3.06. The fraction of sp³-hybridized carbons (Fsp3) is 0.738. The minimum absolute atomic E-state index is 0.0937. The number of amides is 1. The van der Waals surface area contributed by atoms with Crippen molar-refractivity contribution >= 4 is 5.91 Å². The normalized spacial score (nSPS) is 13.7. The van der Waals surface area contributed by atoms with E-state index in [-0.39, 0.29) is 12.5 Å². The van der Waals surface area contributed by atoms with Crippen molar-refractivity contribution in [3.63, 3.8) is 0 Å². The summed E-state index contributed by atoms with van der Waals surface area (Å²) in [6.07, 6.45) is 51.7. The van der Waals surface area contributed by atoms with Crippen LogP contribution in [0.2, 0.25) is 0 Å². The zero-order chi connectivity index (χ0) is 33.6. The van der Waals surface area contributed by atoms with Crippen molar-refractivity contribution in [2.24, 2.45) is 0 Å². The van der Waals surface area contributed by atoms with E-state index in [1.807, 2.05) is 6.08 Å². The summed E-state index contributed by atoms with van der Waals surface area (Å²) in [4.78, 5) is 12.3. The number of unbranched alkanes of at least 4 members (excludes halogenated alkanes) is 19. The van der Waals surface area contributed by atoms with Crippen molar-refractivity contribution in [2.75, 3.05) is 6.61 Å². The number of hydrogen-bond acceptors (Lipinski definition) is 3. The van der Waals surface area contributed by atoms with Crippen molar-refractivity contribution < 1.29 is 15.0 Å². The van der Waals surface area contributed by atoms with E-state index in [9.17, 15) is 15.0 Å². The van der Waals surface area contributed by atoms with Crippen molar-refractivity contribution in [3.05, 3.63) is 60.8 Å². The van der Waals surface area contributed by atoms with Crippen molar-refractivity contribution in [2.45, 2.75) is 193 Å². The molecular formula is C42H75NO3. The highest BCUT2D eigenvalue weighted by atomic mass is 16.3. The molecule has 2 unspecified atom stereocenters. The van der Waals surface area contributed by atoms with Gasteiger partial charge in [0.05, 0.1) is 18.8 Å². The van der Waals surface area contributed by atoms with Gasteiger partial charge in [0.15, 0.2) is 0 Å². The van der Waals surface area contributed by atoms with Gasteiger partial charge in [-0.15, -0.1) is 0 Å². The van der Waals surface area contributed by atoms with E-state index >= 15 is 0 Å². The van der Waals surface area contributed by atoms with Crippen LogP contribution in [-0.2, 0) is 4.79 Å². The first kappa shape index (κ1) is 44.1. The van der Waals surface area contributed by atoms with Gasteiger partial charge in [0.2, 0.25) is 5.91 Å². The molecular weight excluding hydrogens is 566 g/mol. The molecule has 1 amide bonds. The molecule has 3 N–H and O–H groups in total.